The van der Waals surface area contributed by atoms with Gasteiger partial charge in [0.1, 0.15) is 11.6 Å². The third-order valence-electron chi connectivity index (χ3n) is 5.08. The molecule has 0 saturated heterocycles. The molecule has 2 N–H and O–H groups in total. The van der Waals surface area contributed by atoms with Crippen molar-refractivity contribution >= 4 is 34.4 Å². The molecule has 0 spiro atoms. The molecule has 35 heavy (non-hydrogen) atoms. The quantitative estimate of drug-likeness (QED) is 0.400. The summed E-state index contributed by atoms with van der Waals surface area (Å²) in [7, 11) is 3.69. The van der Waals surface area contributed by atoms with Gasteiger partial charge < -0.3 is 19.9 Å². The van der Waals surface area contributed by atoms with Crippen LogP contribution >= 0.6 is 0 Å². The zero-order valence-electron chi connectivity index (χ0n) is 19.0. The number of anilines is 2. The Morgan fingerprint density at radius 2 is 1.91 bits per heavy atom. The van der Waals surface area contributed by atoms with Gasteiger partial charge in [-0.05, 0) is 42.5 Å². The molecule has 1 heterocycles. The average molecular weight is 475 g/mol. The number of carbonyl (C=O) groups excluding carboxylic acids is 1. The lowest BCUT2D eigenvalue weighted by Gasteiger charge is -2.16. The van der Waals surface area contributed by atoms with Gasteiger partial charge in [0.05, 0.1) is 17.1 Å². The first-order valence-corrected chi connectivity index (χ1v) is 10.6. The predicted octanol–water partition coefficient (Wildman–Crippen LogP) is 2.79. The number of aromatic nitrogens is 2. The number of amides is 1. The van der Waals surface area contributed by atoms with Crippen molar-refractivity contribution in [1.29, 1.82) is 0 Å². The van der Waals surface area contributed by atoms with Crippen LogP contribution in [-0.2, 0) is 4.79 Å². The lowest BCUT2D eigenvalue weighted by atomic mass is 10.2. The summed E-state index contributed by atoms with van der Waals surface area (Å²) in [5.41, 5.74) is 0.696. The molecule has 1 aromatic heterocycles. The van der Waals surface area contributed by atoms with Crippen molar-refractivity contribution in [2.75, 3.05) is 30.9 Å². The standard InChI is InChI=1S/C25H22FN5O4/c1-30(2)19-11-10-16(14-27-31-24(33)20-8-3-4-9-21(20)29-25(31)34)22(13-19)35-15-23(32)28-18-7-5-6-17(26)12-18/h3-14H,15H2,1-2H3,(H,28,32)(H,29,34). The second-order valence-corrected chi connectivity index (χ2v) is 7.80. The van der Waals surface area contributed by atoms with E-state index in [4.69, 9.17) is 4.74 Å². The molecular formula is C25H22FN5O4. The van der Waals surface area contributed by atoms with Crippen molar-refractivity contribution in [3.05, 3.63) is 98.9 Å². The third-order valence-corrected chi connectivity index (χ3v) is 5.08. The van der Waals surface area contributed by atoms with E-state index in [0.717, 1.165) is 10.4 Å². The lowest BCUT2D eigenvalue weighted by Crippen LogP contribution is -2.32. The molecule has 4 rings (SSSR count). The van der Waals surface area contributed by atoms with Crippen LogP contribution in [0.15, 0.2) is 81.4 Å². The first-order valence-electron chi connectivity index (χ1n) is 10.6. The number of rotatable bonds is 7. The molecule has 0 bridgehead atoms. The summed E-state index contributed by atoms with van der Waals surface area (Å²) in [5.74, 6) is -0.657. The van der Waals surface area contributed by atoms with E-state index in [1.54, 1.807) is 48.5 Å². The van der Waals surface area contributed by atoms with E-state index in [1.807, 2.05) is 19.0 Å². The number of fused-ring (bicyclic) bond motifs is 1. The van der Waals surface area contributed by atoms with E-state index in [0.29, 0.717) is 27.9 Å². The van der Waals surface area contributed by atoms with Gasteiger partial charge in [0.25, 0.3) is 11.5 Å². The number of nitrogens with one attached hydrogen (secondary N) is 2. The fraction of sp³-hybridized carbons (Fsp3) is 0.120. The summed E-state index contributed by atoms with van der Waals surface area (Å²) in [6, 6.07) is 17.3. The maximum atomic E-state index is 13.4. The van der Waals surface area contributed by atoms with Crippen LogP contribution in [-0.4, -0.2) is 42.5 Å². The highest BCUT2D eigenvalue weighted by molar-refractivity contribution is 5.92. The van der Waals surface area contributed by atoms with E-state index in [9.17, 15) is 18.8 Å². The van der Waals surface area contributed by atoms with Gasteiger partial charge in [-0.2, -0.15) is 5.10 Å². The smallest absolute Gasteiger partial charge is 0.349 e. The molecule has 0 aliphatic carbocycles. The molecule has 0 radical (unpaired) electrons. The van der Waals surface area contributed by atoms with Crippen LogP contribution in [0.3, 0.4) is 0 Å². The van der Waals surface area contributed by atoms with Crippen LogP contribution in [0.2, 0.25) is 0 Å². The van der Waals surface area contributed by atoms with E-state index < -0.39 is 23.0 Å². The number of hydrogen-bond donors (Lipinski definition) is 2. The van der Waals surface area contributed by atoms with Crippen LogP contribution in [0.25, 0.3) is 10.9 Å². The van der Waals surface area contributed by atoms with Crippen LogP contribution in [0.1, 0.15) is 5.56 Å². The van der Waals surface area contributed by atoms with Crippen molar-refractivity contribution in [1.82, 2.24) is 9.66 Å². The molecule has 0 aliphatic rings. The molecule has 0 fully saturated rings. The Morgan fingerprint density at radius 1 is 1.11 bits per heavy atom. The highest BCUT2D eigenvalue weighted by atomic mass is 19.1. The second-order valence-electron chi connectivity index (χ2n) is 7.80. The highest BCUT2D eigenvalue weighted by Gasteiger charge is 2.11. The van der Waals surface area contributed by atoms with Gasteiger partial charge in [-0.25, -0.2) is 9.18 Å². The number of benzene rings is 3. The van der Waals surface area contributed by atoms with E-state index in [1.165, 1.54) is 24.4 Å². The van der Waals surface area contributed by atoms with E-state index in [-0.39, 0.29) is 6.61 Å². The van der Waals surface area contributed by atoms with Crippen molar-refractivity contribution < 1.29 is 13.9 Å². The Morgan fingerprint density at radius 3 is 2.69 bits per heavy atom. The fourth-order valence-electron chi connectivity index (χ4n) is 3.32. The topological polar surface area (TPSA) is 109 Å². The SMILES string of the molecule is CN(C)c1ccc(C=Nn2c(=O)[nH]c3ccccc3c2=O)c(OCC(=O)Nc2cccc(F)c2)c1. The fourth-order valence-corrected chi connectivity index (χ4v) is 3.32. The molecule has 0 aliphatic heterocycles. The Kier molecular flexibility index (Phi) is 6.72. The summed E-state index contributed by atoms with van der Waals surface area (Å²) in [6.07, 6.45) is 1.31. The number of carbonyl (C=O) groups is 1. The molecule has 0 unspecified atom stereocenters. The maximum Gasteiger partial charge on any atom is 0.349 e. The molecule has 3 aromatic carbocycles. The monoisotopic (exact) mass is 475 g/mol. The van der Waals surface area contributed by atoms with Crippen LogP contribution in [0.5, 0.6) is 5.75 Å². The maximum absolute atomic E-state index is 13.4. The largest absolute Gasteiger partial charge is 0.483 e. The zero-order valence-corrected chi connectivity index (χ0v) is 19.0. The molecule has 0 saturated carbocycles. The van der Waals surface area contributed by atoms with Crippen molar-refractivity contribution in [3.63, 3.8) is 0 Å². The summed E-state index contributed by atoms with van der Waals surface area (Å²) >= 11 is 0. The van der Waals surface area contributed by atoms with Gasteiger partial charge in [0, 0.05) is 37.1 Å². The Labute approximate surface area is 199 Å². The first-order chi connectivity index (χ1) is 16.8. The summed E-state index contributed by atoms with van der Waals surface area (Å²) in [4.78, 5) is 41.9. The van der Waals surface area contributed by atoms with E-state index >= 15 is 0 Å². The highest BCUT2D eigenvalue weighted by Crippen LogP contribution is 2.24. The minimum atomic E-state index is -0.688. The first kappa shape index (κ1) is 23.4. The minimum Gasteiger partial charge on any atom is -0.483 e. The number of hydrogen-bond acceptors (Lipinski definition) is 6. The number of H-pyrrole nitrogens is 1. The lowest BCUT2D eigenvalue weighted by molar-refractivity contribution is -0.118. The summed E-state index contributed by atoms with van der Waals surface area (Å²) < 4.78 is 19.8. The molecule has 10 heteroatoms. The van der Waals surface area contributed by atoms with Gasteiger partial charge in [0.2, 0.25) is 0 Å². The van der Waals surface area contributed by atoms with Crippen molar-refractivity contribution in [2.24, 2.45) is 5.10 Å². The normalized spacial score (nSPS) is 11.1. The van der Waals surface area contributed by atoms with E-state index in [2.05, 4.69) is 15.4 Å². The van der Waals surface area contributed by atoms with Gasteiger partial charge in [-0.3, -0.25) is 9.59 Å². The Bertz CT molecular complexity index is 1540. The molecule has 4 aromatic rings. The average Bonchev–Trinajstić information content (AvgIpc) is 2.83. The van der Waals surface area contributed by atoms with Crippen LogP contribution in [0.4, 0.5) is 15.8 Å². The Hall–Kier alpha value is -4.73. The third kappa shape index (κ3) is 5.44. The summed E-state index contributed by atoms with van der Waals surface area (Å²) in [5, 5.41) is 6.94. The number of nitrogens with zero attached hydrogens (tertiary/aromatic N) is 3. The van der Waals surface area contributed by atoms with Gasteiger partial charge in [-0.1, -0.05) is 18.2 Å². The number of aromatic amines is 1. The Balaban J connectivity index is 1.60. The van der Waals surface area contributed by atoms with Crippen LogP contribution < -0.4 is 26.2 Å². The second kappa shape index (κ2) is 10.0. The van der Waals surface area contributed by atoms with Gasteiger partial charge >= 0.3 is 5.69 Å². The number of para-hydroxylation sites is 1. The van der Waals surface area contributed by atoms with Gasteiger partial charge in [0.15, 0.2) is 6.61 Å². The zero-order chi connectivity index (χ0) is 24.9. The van der Waals surface area contributed by atoms with Crippen LogP contribution in [0, 0.1) is 5.82 Å². The molecule has 0 atom stereocenters. The predicted molar refractivity (Wildman–Crippen MR) is 133 cm³/mol. The molecule has 178 valence electrons. The van der Waals surface area contributed by atoms with Crippen molar-refractivity contribution in [3.8, 4) is 5.75 Å². The molecule has 9 nitrogen and oxygen atoms in total. The molecule has 1 amide bonds. The minimum absolute atomic E-state index is 0.303. The number of halogens is 1. The molecular weight excluding hydrogens is 453 g/mol. The van der Waals surface area contributed by atoms with Gasteiger partial charge in [-0.15, -0.1) is 4.68 Å². The number of ether oxygens (including phenoxy) is 1. The van der Waals surface area contributed by atoms with Crippen molar-refractivity contribution in [2.45, 2.75) is 0 Å². The summed E-state index contributed by atoms with van der Waals surface area (Å²) in [6.45, 7) is -0.356.